The Morgan fingerprint density at radius 1 is 1.71 bits per heavy atom. The molecule has 0 saturated heterocycles. The van der Waals surface area contributed by atoms with Crippen molar-refractivity contribution in [2.75, 3.05) is 7.11 Å². The molecule has 0 aromatic carbocycles. The molecule has 0 aromatic rings. The first-order valence-corrected chi connectivity index (χ1v) is 6.28. The van der Waals surface area contributed by atoms with Gasteiger partial charge in [-0.15, -0.1) is 0 Å². The van der Waals surface area contributed by atoms with Gasteiger partial charge in [-0.1, -0.05) is 30.3 Å². The Morgan fingerprint density at radius 3 is 3.00 bits per heavy atom. The minimum atomic E-state index is -0.00397. The highest BCUT2D eigenvalue weighted by Crippen LogP contribution is 2.19. The Bertz CT molecular complexity index is 344. The summed E-state index contributed by atoms with van der Waals surface area (Å²) in [6.45, 7) is 5.59. The first-order valence-electron chi connectivity index (χ1n) is 5.90. The van der Waals surface area contributed by atoms with Gasteiger partial charge in [-0.05, 0) is 37.8 Å². The first-order chi connectivity index (χ1) is 8.17. The van der Waals surface area contributed by atoms with E-state index in [2.05, 4.69) is 17.6 Å². The van der Waals surface area contributed by atoms with E-state index in [-0.39, 0.29) is 6.04 Å². The van der Waals surface area contributed by atoms with Crippen LogP contribution in [0.4, 0.5) is 0 Å². The quantitative estimate of drug-likeness (QED) is 0.538. The number of aliphatic imine (C=N–C) groups is 1. The minimum absolute atomic E-state index is 0.00397. The van der Waals surface area contributed by atoms with Crippen molar-refractivity contribution >= 4 is 17.8 Å². The van der Waals surface area contributed by atoms with Crippen LogP contribution in [0.2, 0.25) is 0 Å². The zero-order valence-corrected chi connectivity index (χ0v) is 11.3. The van der Waals surface area contributed by atoms with Crippen LogP contribution in [0.5, 0.6) is 0 Å². The molecule has 1 rings (SSSR count). The zero-order chi connectivity index (χ0) is 12.7. The summed E-state index contributed by atoms with van der Waals surface area (Å²) >= 11 is 6.03. The highest BCUT2D eigenvalue weighted by atomic mass is 35.5. The van der Waals surface area contributed by atoms with E-state index in [1.54, 1.807) is 19.3 Å². The molecule has 17 heavy (non-hydrogen) atoms. The number of allylic oxidation sites excluding steroid dienone is 3. The van der Waals surface area contributed by atoms with Gasteiger partial charge in [0.15, 0.2) is 0 Å². The number of hydrogen-bond donors (Lipinski definition) is 0. The van der Waals surface area contributed by atoms with Gasteiger partial charge in [0.1, 0.15) is 0 Å². The lowest BCUT2D eigenvalue weighted by molar-refractivity contribution is 0.0948. The van der Waals surface area contributed by atoms with Gasteiger partial charge < -0.3 is 4.74 Å². The number of hydrogen-bond acceptors (Lipinski definition) is 2. The van der Waals surface area contributed by atoms with E-state index in [0.29, 0.717) is 11.1 Å². The van der Waals surface area contributed by atoms with Crippen LogP contribution < -0.4 is 0 Å². The molecule has 0 heterocycles. The number of rotatable bonds is 5. The molecule has 0 aromatic heterocycles. The van der Waals surface area contributed by atoms with Crippen molar-refractivity contribution in [2.45, 2.75) is 38.3 Å². The van der Waals surface area contributed by atoms with Crippen LogP contribution in [0, 0.1) is 0 Å². The van der Waals surface area contributed by atoms with Crippen LogP contribution in [0.3, 0.4) is 0 Å². The van der Waals surface area contributed by atoms with Gasteiger partial charge in [0, 0.05) is 18.4 Å². The van der Waals surface area contributed by atoms with E-state index >= 15 is 0 Å². The van der Waals surface area contributed by atoms with Gasteiger partial charge in [-0.25, -0.2) is 0 Å². The number of ether oxygens (including phenoxy) is 1. The summed E-state index contributed by atoms with van der Waals surface area (Å²) in [5.41, 5.74) is 1.27. The molecule has 0 radical (unpaired) electrons. The van der Waals surface area contributed by atoms with Gasteiger partial charge in [0.2, 0.25) is 0 Å². The molecule has 0 fully saturated rings. The van der Waals surface area contributed by atoms with Crippen molar-refractivity contribution in [2.24, 2.45) is 4.99 Å². The maximum atomic E-state index is 6.03. The molecule has 0 N–H and O–H groups in total. The Hall–Kier alpha value is -0.860. The second-order valence-corrected chi connectivity index (χ2v) is 4.59. The fourth-order valence-corrected chi connectivity index (χ4v) is 1.84. The Kier molecular flexibility index (Phi) is 6.23. The number of halogens is 1. The maximum absolute atomic E-state index is 6.03. The lowest BCUT2D eigenvalue weighted by Gasteiger charge is -2.18. The Labute approximate surface area is 109 Å². The normalized spacial score (nSPS) is 23.6. The summed E-state index contributed by atoms with van der Waals surface area (Å²) < 4.78 is 5.30. The van der Waals surface area contributed by atoms with Crippen molar-refractivity contribution in [3.63, 3.8) is 0 Å². The van der Waals surface area contributed by atoms with Crippen molar-refractivity contribution in [1.82, 2.24) is 0 Å². The monoisotopic (exact) mass is 253 g/mol. The first kappa shape index (κ1) is 14.2. The van der Waals surface area contributed by atoms with Crippen LogP contribution in [0.1, 0.15) is 26.2 Å². The lowest BCUT2D eigenvalue weighted by Crippen LogP contribution is -2.14. The minimum Gasteiger partial charge on any atom is -0.381 e. The maximum Gasteiger partial charge on any atom is 0.0826 e. The van der Waals surface area contributed by atoms with Gasteiger partial charge in [-0.3, -0.25) is 4.99 Å². The summed E-state index contributed by atoms with van der Waals surface area (Å²) in [6.07, 6.45) is 11.0. The SMILES string of the molecule is C=C/C=C(/Cl)C(C)N=CC1=CCC(OC)CC1. The molecule has 0 bridgehead atoms. The van der Waals surface area contributed by atoms with Crippen LogP contribution in [0.25, 0.3) is 0 Å². The molecule has 3 heteroatoms. The fourth-order valence-electron chi connectivity index (χ4n) is 1.69. The van der Waals surface area contributed by atoms with E-state index in [1.807, 2.05) is 13.1 Å². The molecule has 0 amide bonds. The second kappa shape index (κ2) is 7.46. The molecule has 2 nitrogen and oxygen atoms in total. The van der Waals surface area contributed by atoms with Gasteiger partial charge in [-0.2, -0.15) is 0 Å². The van der Waals surface area contributed by atoms with E-state index in [0.717, 1.165) is 19.3 Å². The van der Waals surface area contributed by atoms with Crippen LogP contribution >= 0.6 is 11.6 Å². The average molecular weight is 254 g/mol. The predicted molar refractivity (Wildman–Crippen MR) is 74.8 cm³/mol. The van der Waals surface area contributed by atoms with Crippen molar-refractivity contribution in [3.8, 4) is 0 Å². The smallest absolute Gasteiger partial charge is 0.0826 e. The summed E-state index contributed by atoms with van der Waals surface area (Å²) in [5.74, 6) is 0. The standard InChI is InChI=1S/C14H20ClNO/c1-4-5-14(15)11(2)16-10-12-6-8-13(17-3)9-7-12/h4-6,10-11,13H,1,7-9H2,2-3H3/b14-5+,16-10?. The molecule has 0 saturated carbocycles. The van der Waals surface area contributed by atoms with Crippen molar-refractivity contribution in [1.29, 1.82) is 0 Å². The average Bonchev–Trinajstić information content (AvgIpc) is 2.36. The largest absolute Gasteiger partial charge is 0.381 e. The molecular weight excluding hydrogens is 234 g/mol. The molecule has 2 atom stereocenters. The molecule has 1 aliphatic rings. The summed E-state index contributed by atoms with van der Waals surface area (Å²) in [5, 5.41) is 0.711. The van der Waals surface area contributed by atoms with E-state index < -0.39 is 0 Å². The van der Waals surface area contributed by atoms with Crippen LogP contribution in [0.15, 0.2) is 40.4 Å². The number of methoxy groups -OCH3 is 1. The van der Waals surface area contributed by atoms with Crippen molar-refractivity contribution in [3.05, 3.63) is 35.4 Å². The third-order valence-corrected chi connectivity index (χ3v) is 3.31. The van der Waals surface area contributed by atoms with E-state index in [1.165, 1.54) is 5.57 Å². The molecule has 0 spiro atoms. The van der Waals surface area contributed by atoms with Gasteiger partial charge >= 0.3 is 0 Å². The third kappa shape index (κ3) is 4.88. The van der Waals surface area contributed by atoms with Crippen LogP contribution in [-0.4, -0.2) is 25.5 Å². The summed E-state index contributed by atoms with van der Waals surface area (Å²) in [7, 11) is 1.76. The fraction of sp³-hybridized carbons (Fsp3) is 0.500. The zero-order valence-electron chi connectivity index (χ0n) is 10.5. The second-order valence-electron chi connectivity index (χ2n) is 4.15. The Balaban J connectivity index is 2.52. The van der Waals surface area contributed by atoms with Crippen LogP contribution in [-0.2, 0) is 4.74 Å². The lowest BCUT2D eigenvalue weighted by atomic mass is 9.98. The van der Waals surface area contributed by atoms with E-state index in [9.17, 15) is 0 Å². The van der Waals surface area contributed by atoms with Crippen molar-refractivity contribution < 1.29 is 4.74 Å². The van der Waals surface area contributed by atoms with Gasteiger partial charge in [0.05, 0.1) is 12.1 Å². The highest BCUT2D eigenvalue weighted by Gasteiger charge is 2.12. The molecule has 0 aliphatic heterocycles. The number of nitrogens with zero attached hydrogens (tertiary/aromatic N) is 1. The Morgan fingerprint density at radius 2 is 2.47 bits per heavy atom. The molecule has 2 unspecified atom stereocenters. The summed E-state index contributed by atoms with van der Waals surface area (Å²) in [4.78, 5) is 4.44. The molecular formula is C14H20ClNO. The third-order valence-electron chi connectivity index (χ3n) is 2.87. The predicted octanol–water partition coefficient (Wildman–Crippen LogP) is 3.88. The van der Waals surface area contributed by atoms with E-state index in [4.69, 9.17) is 16.3 Å². The molecule has 94 valence electrons. The molecule has 1 aliphatic carbocycles. The highest BCUT2D eigenvalue weighted by molar-refractivity contribution is 6.30. The summed E-state index contributed by atoms with van der Waals surface area (Å²) in [6, 6.07) is -0.00397. The topological polar surface area (TPSA) is 21.6 Å². The van der Waals surface area contributed by atoms with Gasteiger partial charge in [0.25, 0.3) is 0 Å².